The molecule has 0 saturated heterocycles. The molecule has 1 saturated carbocycles. The summed E-state index contributed by atoms with van der Waals surface area (Å²) in [5, 5.41) is 2.66. The lowest BCUT2D eigenvalue weighted by molar-refractivity contribution is 0.231. The predicted octanol–water partition coefficient (Wildman–Crippen LogP) is 3.19. The lowest BCUT2D eigenvalue weighted by atomic mass is 10.0. The van der Waals surface area contributed by atoms with Crippen molar-refractivity contribution >= 4 is 10.8 Å². The number of nitrogens with zero attached hydrogens (tertiary/aromatic N) is 1. The molecule has 2 atom stereocenters. The summed E-state index contributed by atoms with van der Waals surface area (Å²) in [7, 11) is 2.22. The molecule has 2 nitrogen and oxygen atoms in total. The highest BCUT2D eigenvalue weighted by molar-refractivity contribution is 5.82. The van der Waals surface area contributed by atoms with Crippen molar-refractivity contribution in [2.24, 2.45) is 5.73 Å². The predicted molar refractivity (Wildman–Crippen MR) is 85.9 cm³/mol. The molecule has 0 bridgehead atoms. The molecule has 106 valence electrons. The fourth-order valence-electron chi connectivity index (χ4n) is 3.38. The van der Waals surface area contributed by atoms with E-state index >= 15 is 0 Å². The van der Waals surface area contributed by atoms with Gasteiger partial charge < -0.3 is 10.6 Å². The van der Waals surface area contributed by atoms with E-state index in [9.17, 15) is 0 Å². The number of benzene rings is 2. The quantitative estimate of drug-likeness (QED) is 0.922. The van der Waals surface area contributed by atoms with Gasteiger partial charge >= 0.3 is 0 Å². The van der Waals surface area contributed by atoms with Crippen LogP contribution in [-0.2, 0) is 6.42 Å². The van der Waals surface area contributed by atoms with Crippen LogP contribution in [0.5, 0.6) is 0 Å². The number of likely N-dealkylation sites (N-methyl/N-ethyl adjacent to an activating group) is 1. The van der Waals surface area contributed by atoms with E-state index in [-0.39, 0.29) is 0 Å². The third-order valence-corrected chi connectivity index (χ3v) is 4.66. The molecule has 2 heteroatoms. The summed E-state index contributed by atoms with van der Waals surface area (Å²) < 4.78 is 0. The second-order valence-corrected chi connectivity index (χ2v) is 6.07. The SMILES string of the molecule is CN(CCc1ccc2ccccc2c1)C1CCCC1N. The molecule has 0 aliphatic heterocycles. The molecule has 2 aromatic carbocycles. The molecule has 1 fully saturated rings. The van der Waals surface area contributed by atoms with Gasteiger partial charge in [-0.25, -0.2) is 0 Å². The Morgan fingerprint density at radius 1 is 1.10 bits per heavy atom. The van der Waals surface area contributed by atoms with Crippen molar-refractivity contribution in [2.45, 2.75) is 37.8 Å². The second-order valence-electron chi connectivity index (χ2n) is 6.07. The zero-order chi connectivity index (χ0) is 13.9. The first kappa shape index (κ1) is 13.6. The molecule has 2 unspecified atom stereocenters. The van der Waals surface area contributed by atoms with Crippen LogP contribution < -0.4 is 5.73 Å². The monoisotopic (exact) mass is 268 g/mol. The highest BCUT2D eigenvalue weighted by Gasteiger charge is 2.26. The van der Waals surface area contributed by atoms with Gasteiger partial charge in [-0.15, -0.1) is 0 Å². The largest absolute Gasteiger partial charge is 0.326 e. The Labute approximate surface area is 121 Å². The van der Waals surface area contributed by atoms with Crippen molar-refractivity contribution in [1.29, 1.82) is 0 Å². The van der Waals surface area contributed by atoms with Crippen molar-refractivity contribution in [3.63, 3.8) is 0 Å². The van der Waals surface area contributed by atoms with E-state index in [1.165, 1.54) is 35.6 Å². The summed E-state index contributed by atoms with van der Waals surface area (Å²) >= 11 is 0. The van der Waals surface area contributed by atoms with Crippen LogP contribution in [0.2, 0.25) is 0 Å². The highest BCUT2D eigenvalue weighted by atomic mass is 15.1. The fourth-order valence-corrected chi connectivity index (χ4v) is 3.38. The summed E-state index contributed by atoms with van der Waals surface area (Å²) in [5.41, 5.74) is 7.60. The molecule has 3 rings (SSSR count). The van der Waals surface area contributed by atoms with E-state index < -0.39 is 0 Å². The first-order chi connectivity index (χ1) is 9.74. The Bertz CT molecular complexity index is 578. The topological polar surface area (TPSA) is 29.3 Å². The summed E-state index contributed by atoms with van der Waals surface area (Å²) in [6, 6.07) is 16.3. The maximum atomic E-state index is 6.18. The van der Waals surface area contributed by atoms with Crippen molar-refractivity contribution in [3.05, 3.63) is 48.0 Å². The minimum atomic E-state index is 0.372. The van der Waals surface area contributed by atoms with Gasteiger partial charge in [0, 0.05) is 18.6 Å². The lowest BCUT2D eigenvalue weighted by Gasteiger charge is -2.27. The molecule has 0 heterocycles. The first-order valence-electron chi connectivity index (χ1n) is 7.67. The molecule has 2 aromatic rings. The summed E-state index contributed by atoms with van der Waals surface area (Å²) in [5.74, 6) is 0. The maximum absolute atomic E-state index is 6.18. The Hall–Kier alpha value is -1.38. The summed E-state index contributed by atoms with van der Waals surface area (Å²) in [6.45, 7) is 1.09. The van der Waals surface area contributed by atoms with Crippen molar-refractivity contribution in [1.82, 2.24) is 4.90 Å². The van der Waals surface area contributed by atoms with Gasteiger partial charge in [0.2, 0.25) is 0 Å². The summed E-state index contributed by atoms with van der Waals surface area (Å²) in [6.07, 6.45) is 4.83. The van der Waals surface area contributed by atoms with Crippen LogP contribution in [0, 0.1) is 0 Å². The van der Waals surface area contributed by atoms with Gasteiger partial charge in [0.05, 0.1) is 0 Å². The standard InChI is InChI=1S/C18H24N2/c1-20(18-8-4-7-17(18)19)12-11-14-9-10-15-5-2-3-6-16(15)13-14/h2-3,5-6,9-10,13,17-18H,4,7-8,11-12,19H2,1H3. The molecule has 0 spiro atoms. The number of nitrogens with two attached hydrogens (primary N) is 1. The molecule has 1 aliphatic carbocycles. The third-order valence-electron chi connectivity index (χ3n) is 4.66. The average Bonchev–Trinajstić information content (AvgIpc) is 2.91. The van der Waals surface area contributed by atoms with Crippen molar-refractivity contribution in [2.75, 3.05) is 13.6 Å². The van der Waals surface area contributed by atoms with Crippen LogP contribution in [0.15, 0.2) is 42.5 Å². The molecule has 20 heavy (non-hydrogen) atoms. The zero-order valence-electron chi connectivity index (χ0n) is 12.3. The van der Waals surface area contributed by atoms with Crippen LogP contribution in [-0.4, -0.2) is 30.6 Å². The molecule has 0 aromatic heterocycles. The van der Waals surface area contributed by atoms with E-state index in [0.29, 0.717) is 12.1 Å². The fraction of sp³-hybridized carbons (Fsp3) is 0.444. The number of fused-ring (bicyclic) bond motifs is 1. The van der Waals surface area contributed by atoms with Crippen LogP contribution in [0.25, 0.3) is 10.8 Å². The number of rotatable bonds is 4. The van der Waals surface area contributed by atoms with E-state index in [1.807, 2.05) is 0 Å². The molecule has 0 radical (unpaired) electrons. The van der Waals surface area contributed by atoms with Crippen LogP contribution >= 0.6 is 0 Å². The average molecular weight is 268 g/mol. The van der Waals surface area contributed by atoms with Crippen LogP contribution in [0.4, 0.5) is 0 Å². The Morgan fingerprint density at radius 3 is 2.65 bits per heavy atom. The van der Waals surface area contributed by atoms with Gasteiger partial charge in [0.15, 0.2) is 0 Å². The van der Waals surface area contributed by atoms with Gasteiger partial charge in [-0.2, -0.15) is 0 Å². The Kier molecular flexibility index (Phi) is 4.04. The maximum Gasteiger partial charge on any atom is 0.0244 e. The minimum absolute atomic E-state index is 0.372. The minimum Gasteiger partial charge on any atom is -0.326 e. The lowest BCUT2D eigenvalue weighted by Crippen LogP contribution is -2.42. The van der Waals surface area contributed by atoms with Gasteiger partial charge in [-0.1, -0.05) is 48.9 Å². The Balaban J connectivity index is 1.64. The van der Waals surface area contributed by atoms with E-state index in [4.69, 9.17) is 5.73 Å². The van der Waals surface area contributed by atoms with E-state index in [1.54, 1.807) is 0 Å². The molecule has 1 aliphatic rings. The smallest absolute Gasteiger partial charge is 0.0244 e. The van der Waals surface area contributed by atoms with Gasteiger partial charge in [-0.05, 0) is 42.6 Å². The molecule has 0 amide bonds. The van der Waals surface area contributed by atoms with E-state index in [0.717, 1.165) is 13.0 Å². The highest BCUT2D eigenvalue weighted by Crippen LogP contribution is 2.22. The van der Waals surface area contributed by atoms with Crippen molar-refractivity contribution in [3.8, 4) is 0 Å². The number of hydrogen-bond donors (Lipinski definition) is 1. The van der Waals surface area contributed by atoms with Crippen LogP contribution in [0.3, 0.4) is 0 Å². The van der Waals surface area contributed by atoms with Crippen LogP contribution in [0.1, 0.15) is 24.8 Å². The zero-order valence-corrected chi connectivity index (χ0v) is 12.3. The molecule has 2 N–H and O–H groups in total. The number of hydrogen-bond acceptors (Lipinski definition) is 2. The van der Waals surface area contributed by atoms with Gasteiger partial charge in [-0.3, -0.25) is 0 Å². The second kappa shape index (κ2) is 5.94. The Morgan fingerprint density at radius 2 is 1.90 bits per heavy atom. The molecular weight excluding hydrogens is 244 g/mol. The third kappa shape index (κ3) is 2.87. The normalized spacial score (nSPS) is 22.8. The van der Waals surface area contributed by atoms with Crippen molar-refractivity contribution < 1.29 is 0 Å². The molecular formula is C18H24N2. The summed E-state index contributed by atoms with van der Waals surface area (Å²) in [4.78, 5) is 2.45. The van der Waals surface area contributed by atoms with Gasteiger partial charge in [0.25, 0.3) is 0 Å². The van der Waals surface area contributed by atoms with E-state index in [2.05, 4.69) is 54.4 Å². The first-order valence-corrected chi connectivity index (χ1v) is 7.67. The van der Waals surface area contributed by atoms with Gasteiger partial charge in [0.1, 0.15) is 0 Å².